The fourth-order valence-corrected chi connectivity index (χ4v) is 3.07. The summed E-state index contributed by atoms with van der Waals surface area (Å²) in [4.78, 5) is 33.6. The van der Waals surface area contributed by atoms with E-state index in [9.17, 15) is 9.59 Å². The van der Waals surface area contributed by atoms with Gasteiger partial charge in [-0.3, -0.25) is 0 Å². The van der Waals surface area contributed by atoms with Crippen molar-refractivity contribution in [1.29, 1.82) is 0 Å². The van der Waals surface area contributed by atoms with Crippen LogP contribution in [-0.4, -0.2) is 53.9 Å². The van der Waals surface area contributed by atoms with E-state index < -0.39 is 11.6 Å². The van der Waals surface area contributed by atoms with Crippen molar-refractivity contribution in [2.24, 2.45) is 11.8 Å². The molecule has 0 aromatic carbocycles. The lowest BCUT2D eigenvalue weighted by molar-refractivity contribution is 0.0517. The number of rotatable bonds is 3. The van der Waals surface area contributed by atoms with Crippen LogP contribution in [0, 0.1) is 11.8 Å². The Balaban J connectivity index is 1.51. The van der Waals surface area contributed by atoms with Crippen molar-refractivity contribution < 1.29 is 19.1 Å². The second kappa shape index (κ2) is 5.92. The molecule has 1 amide bonds. The summed E-state index contributed by atoms with van der Waals surface area (Å²) in [6, 6.07) is 0.165. The van der Waals surface area contributed by atoms with Crippen LogP contribution in [0.4, 0.5) is 10.6 Å². The molecular weight excluding hydrogens is 312 g/mol. The van der Waals surface area contributed by atoms with Crippen LogP contribution in [0.25, 0.3) is 0 Å². The molecule has 8 nitrogen and oxygen atoms in total. The van der Waals surface area contributed by atoms with E-state index in [-0.39, 0.29) is 17.8 Å². The minimum absolute atomic E-state index is 0.165. The number of nitrogens with one attached hydrogen (secondary N) is 1. The third-order valence-electron chi connectivity index (χ3n) is 4.23. The van der Waals surface area contributed by atoms with Crippen LogP contribution in [-0.2, 0) is 9.47 Å². The van der Waals surface area contributed by atoms with Crippen molar-refractivity contribution in [2.45, 2.75) is 32.4 Å². The van der Waals surface area contributed by atoms with Gasteiger partial charge in [0, 0.05) is 31.0 Å². The Morgan fingerprint density at radius 2 is 1.88 bits per heavy atom. The molecule has 24 heavy (non-hydrogen) atoms. The summed E-state index contributed by atoms with van der Waals surface area (Å²) < 4.78 is 9.89. The molecule has 1 aromatic rings. The zero-order valence-corrected chi connectivity index (χ0v) is 14.3. The maximum atomic E-state index is 11.8. The fourth-order valence-electron chi connectivity index (χ4n) is 3.07. The number of carbonyl (C=O) groups is 2. The number of amides is 1. The summed E-state index contributed by atoms with van der Waals surface area (Å²) in [7, 11) is 1.31. The normalized spacial score (nSPS) is 25.0. The highest BCUT2D eigenvalue weighted by Gasteiger charge is 2.57. The molecule has 3 rings (SSSR count). The fraction of sp³-hybridized carbons (Fsp3) is 0.625. The van der Waals surface area contributed by atoms with Crippen molar-refractivity contribution in [3.63, 3.8) is 0 Å². The summed E-state index contributed by atoms with van der Waals surface area (Å²) in [5.41, 5.74) is -0.299. The molecule has 8 heteroatoms. The van der Waals surface area contributed by atoms with E-state index in [1.54, 1.807) is 6.20 Å². The van der Waals surface area contributed by atoms with E-state index in [2.05, 4.69) is 24.9 Å². The van der Waals surface area contributed by atoms with Gasteiger partial charge in [0.1, 0.15) is 11.4 Å². The van der Waals surface area contributed by atoms with Gasteiger partial charge in [-0.1, -0.05) is 0 Å². The van der Waals surface area contributed by atoms with E-state index in [0.717, 1.165) is 18.9 Å². The van der Waals surface area contributed by atoms with Gasteiger partial charge in [0.05, 0.1) is 19.5 Å². The highest BCUT2D eigenvalue weighted by atomic mass is 16.6. The SMILES string of the molecule is COC(=O)c1cnc(N2CC3C(NC(=O)OC(C)(C)C)[C@H]3C2)cn1. The first-order chi connectivity index (χ1) is 11.3. The van der Waals surface area contributed by atoms with Gasteiger partial charge in [-0.2, -0.15) is 0 Å². The molecule has 1 saturated heterocycles. The number of anilines is 1. The Morgan fingerprint density at radius 1 is 1.21 bits per heavy atom. The summed E-state index contributed by atoms with van der Waals surface area (Å²) >= 11 is 0. The van der Waals surface area contributed by atoms with E-state index in [1.807, 2.05) is 20.8 Å². The van der Waals surface area contributed by atoms with Gasteiger partial charge in [-0.25, -0.2) is 19.6 Å². The monoisotopic (exact) mass is 334 g/mol. The molecule has 1 aliphatic heterocycles. The van der Waals surface area contributed by atoms with Gasteiger partial charge >= 0.3 is 12.1 Å². The van der Waals surface area contributed by atoms with Gasteiger partial charge < -0.3 is 19.7 Å². The second-order valence-corrected chi connectivity index (χ2v) is 7.16. The molecule has 2 fully saturated rings. The van der Waals surface area contributed by atoms with E-state index >= 15 is 0 Å². The largest absolute Gasteiger partial charge is 0.464 e. The predicted molar refractivity (Wildman–Crippen MR) is 85.7 cm³/mol. The summed E-state index contributed by atoms with van der Waals surface area (Å²) in [6.45, 7) is 7.14. The molecule has 130 valence electrons. The number of aromatic nitrogens is 2. The first kappa shape index (κ1) is 16.5. The number of methoxy groups -OCH3 is 1. The Hall–Kier alpha value is -2.38. The number of nitrogens with zero attached hydrogens (tertiary/aromatic N) is 3. The highest BCUT2D eigenvalue weighted by Crippen LogP contribution is 2.46. The number of fused-ring (bicyclic) bond motifs is 1. The molecule has 0 bridgehead atoms. The van der Waals surface area contributed by atoms with Crippen LogP contribution in [0.5, 0.6) is 0 Å². The Bertz CT molecular complexity index is 628. The smallest absolute Gasteiger partial charge is 0.407 e. The molecule has 3 atom stereocenters. The zero-order chi connectivity index (χ0) is 17.5. The molecule has 1 aromatic heterocycles. The average molecular weight is 334 g/mol. The number of hydrogen-bond acceptors (Lipinski definition) is 7. The lowest BCUT2D eigenvalue weighted by atomic mass is 10.2. The summed E-state index contributed by atoms with van der Waals surface area (Å²) in [5.74, 6) is 1.03. The summed E-state index contributed by atoms with van der Waals surface area (Å²) in [5, 5.41) is 2.93. The Labute approximate surface area is 140 Å². The van der Waals surface area contributed by atoms with Crippen LogP contribution < -0.4 is 10.2 Å². The first-order valence-electron chi connectivity index (χ1n) is 7.93. The second-order valence-electron chi connectivity index (χ2n) is 7.16. The van der Waals surface area contributed by atoms with Gasteiger partial charge in [-0.05, 0) is 20.8 Å². The average Bonchev–Trinajstić information content (AvgIpc) is 2.96. The van der Waals surface area contributed by atoms with Crippen molar-refractivity contribution in [2.75, 3.05) is 25.1 Å². The maximum Gasteiger partial charge on any atom is 0.407 e. The first-order valence-corrected chi connectivity index (χ1v) is 7.93. The lowest BCUT2D eigenvalue weighted by Gasteiger charge is -2.22. The van der Waals surface area contributed by atoms with Crippen molar-refractivity contribution in [3.05, 3.63) is 18.1 Å². The van der Waals surface area contributed by atoms with Crippen molar-refractivity contribution in [3.8, 4) is 0 Å². The molecule has 1 aliphatic carbocycles. The van der Waals surface area contributed by atoms with Crippen LogP contribution in [0.2, 0.25) is 0 Å². The zero-order valence-electron chi connectivity index (χ0n) is 14.3. The summed E-state index contributed by atoms with van der Waals surface area (Å²) in [6.07, 6.45) is 2.63. The molecular formula is C16H22N4O4. The van der Waals surface area contributed by atoms with Crippen molar-refractivity contribution >= 4 is 17.9 Å². The minimum atomic E-state index is -0.500. The predicted octanol–water partition coefficient (Wildman–Crippen LogP) is 1.22. The lowest BCUT2D eigenvalue weighted by Crippen LogP contribution is -2.38. The Kier molecular flexibility index (Phi) is 4.06. The minimum Gasteiger partial charge on any atom is -0.464 e. The number of hydrogen-bond donors (Lipinski definition) is 1. The third kappa shape index (κ3) is 3.42. The molecule has 2 aliphatic rings. The molecule has 1 saturated carbocycles. The van der Waals surface area contributed by atoms with Gasteiger partial charge in [0.25, 0.3) is 0 Å². The van der Waals surface area contributed by atoms with E-state index in [0.29, 0.717) is 11.8 Å². The number of carbonyl (C=O) groups excluding carboxylic acids is 2. The number of ether oxygens (including phenoxy) is 2. The topological polar surface area (TPSA) is 93.7 Å². The molecule has 2 unspecified atom stereocenters. The van der Waals surface area contributed by atoms with E-state index in [1.165, 1.54) is 13.3 Å². The Morgan fingerprint density at radius 3 is 2.38 bits per heavy atom. The molecule has 0 spiro atoms. The van der Waals surface area contributed by atoms with Gasteiger partial charge in [0.2, 0.25) is 0 Å². The van der Waals surface area contributed by atoms with Crippen LogP contribution in [0.15, 0.2) is 12.4 Å². The van der Waals surface area contributed by atoms with Crippen LogP contribution >= 0.6 is 0 Å². The van der Waals surface area contributed by atoms with Gasteiger partial charge in [-0.15, -0.1) is 0 Å². The number of esters is 1. The van der Waals surface area contributed by atoms with Crippen molar-refractivity contribution in [1.82, 2.24) is 15.3 Å². The quantitative estimate of drug-likeness (QED) is 0.831. The number of piperidine rings is 1. The highest BCUT2D eigenvalue weighted by molar-refractivity contribution is 5.86. The molecule has 1 N–H and O–H groups in total. The maximum absolute atomic E-state index is 11.8. The standard InChI is InChI=1S/C16H22N4O4/c1-16(2,3)24-15(22)19-13-9-7-20(8-10(9)13)12-6-17-11(5-18-12)14(21)23-4/h5-6,9-10,13H,7-8H2,1-4H3,(H,19,22)/t9-,10?,13?/m0/s1. The van der Waals surface area contributed by atoms with Crippen LogP contribution in [0.3, 0.4) is 0 Å². The molecule has 0 radical (unpaired) electrons. The van der Waals surface area contributed by atoms with Gasteiger partial charge in [0.15, 0.2) is 5.69 Å². The van der Waals surface area contributed by atoms with Crippen LogP contribution in [0.1, 0.15) is 31.3 Å². The number of alkyl carbamates (subject to hydrolysis) is 1. The third-order valence-corrected chi connectivity index (χ3v) is 4.23. The molecule has 2 heterocycles. The van der Waals surface area contributed by atoms with E-state index in [4.69, 9.17) is 4.74 Å².